The lowest BCUT2D eigenvalue weighted by molar-refractivity contribution is 0.230. The summed E-state index contributed by atoms with van der Waals surface area (Å²) in [6, 6.07) is 0.310. The van der Waals surface area contributed by atoms with E-state index in [1.807, 2.05) is 0 Å². The number of hydrogen-bond acceptors (Lipinski definition) is 1. The molecule has 0 bridgehead atoms. The highest BCUT2D eigenvalue weighted by Gasteiger charge is 2.22. The van der Waals surface area contributed by atoms with E-state index in [0.29, 0.717) is 17.4 Å². The van der Waals surface area contributed by atoms with Gasteiger partial charge in [0.15, 0.2) is 0 Å². The number of rotatable bonds is 1. The molecule has 0 heterocycles. The van der Waals surface area contributed by atoms with Crippen molar-refractivity contribution in [1.29, 1.82) is 0 Å². The second kappa shape index (κ2) is 2.70. The molecule has 1 nitrogen and oxygen atoms in total. The lowest BCUT2D eigenvalue weighted by Crippen LogP contribution is -2.33. The van der Waals surface area contributed by atoms with E-state index in [2.05, 4.69) is 34.6 Å². The van der Waals surface area contributed by atoms with Gasteiger partial charge in [0.05, 0.1) is 0 Å². The van der Waals surface area contributed by atoms with Crippen LogP contribution < -0.4 is 5.73 Å². The Labute approximate surface area is 58.6 Å². The Kier molecular flexibility index (Phi) is 2.68. The first-order valence-electron chi connectivity index (χ1n) is 3.61. The van der Waals surface area contributed by atoms with Crippen molar-refractivity contribution in [2.75, 3.05) is 0 Å². The molecule has 0 aliphatic heterocycles. The molecule has 2 atom stereocenters. The molecule has 0 aliphatic rings. The molecule has 0 amide bonds. The minimum absolute atomic E-state index is 0.310. The van der Waals surface area contributed by atoms with Gasteiger partial charge in [0.2, 0.25) is 0 Å². The van der Waals surface area contributed by atoms with Crippen LogP contribution in [-0.2, 0) is 0 Å². The van der Waals surface area contributed by atoms with Gasteiger partial charge in [-0.05, 0) is 18.3 Å². The molecule has 2 N–H and O–H groups in total. The summed E-state index contributed by atoms with van der Waals surface area (Å²) in [5.74, 6) is 0.595. The highest BCUT2D eigenvalue weighted by molar-refractivity contribution is 4.75. The van der Waals surface area contributed by atoms with Gasteiger partial charge in [-0.3, -0.25) is 0 Å². The zero-order valence-corrected chi connectivity index (χ0v) is 7.23. The van der Waals surface area contributed by atoms with Crippen LogP contribution >= 0.6 is 0 Å². The van der Waals surface area contributed by atoms with Crippen molar-refractivity contribution < 1.29 is 0 Å². The van der Waals surface area contributed by atoms with E-state index >= 15 is 0 Å². The van der Waals surface area contributed by atoms with Gasteiger partial charge in [0.1, 0.15) is 0 Å². The summed E-state index contributed by atoms with van der Waals surface area (Å²) in [7, 11) is 0. The summed E-state index contributed by atoms with van der Waals surface area (Å²) in [6.07, 6.45) is 0. The SMILES string of the molecule is C[C@@H](N)[C@H](C)C(C)(C)C. The molecule has 0 radical (unpaired) electrons. The second-order valence-corrected chi connectivity index (χ2v) is 4.01. The lowest BCUT2D eigenvalue weighted by Gasteiger charge is -2.30. The van der Waals surface area contributed by atoms with Crippen molar-refractivity contribution in [1.82, 2.24) is 0 Å². The van der Waals surface area contributed by atoms with Crippen molar-refractivity contribution in [2.24, 2.45) is 17.1 Å². The molecule has 0 rings (SSSR count). The minimum atomic E-state index is 0.310. The lowest BCUT2D eigenvalue weighted by atomic mass is 9.78. The Hall–Kier alpha value is -0.0400. The first-order valence-corrected chi connectivity index (χ1v) is 3.61. The van der Waals surface area contributed by atoms with Crippen LogP contribution in [-0.4, -0.2) is 6.04 Å². The third kappa shape index (κ3) is 2.85. The van der Waals surface area contributed by atoms with Crippen molar-refractivity contribution >= 4 is 0 Å². The largest absolute Gasteiger partial charge is 0.328 e. The smallest absolute Gasteiger partial charge is 0.00411 e. The Morgan fingerprint density at radius 1 is 1.11 bits per heavy atom. The van der Waals surface area contributed by atoms with Gasteiger partial charge in [-0.2, -0.15) is 0 Å². The number of hydrogen-bond donors (Lipinski definition) is 1. The van der Waals surface area contributed by atoms with Crippen LogP contribution in [0, 0.1) is 11.3 Å². The monoisotopic (exact) mass is 129 g/mol. The van der Waals surface area contributed by atoms with Gasteiger partial charge in [0, 0.05) is 6.04 Å². The standard InChI is InChI=1S/C8H19N/c1-6(7(2)9)8(3,4)5/h6-7H,9H2,1-5H3/t6-,7+/m0/s1. The predicted molar refractivity (Wildman–Crippen MR) is 42.3 cm³/mol. The molecule has 0 unspecified atom stereocenters. The van der Waals surface area contributed by atoms with Gasteiger partial charge >= 0.3 is 0 Å². The molecule has 0 spiro atoms. The molecule has 0 aromatic carbocycles. The average Bonchev–Trinajstić information content (AvgIpc) is 1.62. The predicted octanol–water partition coefficient (Wildman–Crippen LogP) is 2.02. The fourth-order valence-corrected chi connectivity index (χ4v) is 0.789. The van der Waals surface area contributed by atoms with Crippen molar-refractivity contribution in [3.63, 3.8) is 0 Å². The number of nitrogens with two attached hydrogens (primary N) is 1. The average molecular weight is 129 g/mol. The summed E-state index contributed by atoms with van der Waals surface area (Å²) < 4.78 is 0. The summed E-state index contributed by atoms with van der Waals surface area (Å²) in [6.45, 7) is 10.9. The van der Waals surface area contributed by atoms with E-state index in [1.165, 1.54) is 0 Å². The zero-order valence-electron chi connectivity index (χ0n) is 7.23. The highest BCUT2D eigenvalue weighted by atomic mass is 14.6. The maximum atomic E-state index is 5.72. The van der Waals surface area contributed by atoms with Gasteiger partial charge in [0.25, 0.3) is 0 Å². The van der Waals surface area contributed by atoms with Crippen molar-refractivity contribution in [3.05, 3.63) is 0 Å². The van der Waals surface area contributed by atoms with Crippen LogP contribution in [0.15, 0.2) is 0 Å². The van der Waals surface area contributed by atoms with Crippen LogP contribution in [0.5, 0.6) is 0 Å². The molecular formula is C8H19N. The van der Waals surface area contributed by atoms with Gasteiger partial charge in [-0.15, -0.1) is 0 Å². The van der Waals surface area contributed by atoms with E-state index in [1.54, 1.807) is 0 Å². The van der Waals surface area contributed by atoms with Crippen LogP contribution in [0.1, 0.15) is 34.6 Å². The zero-order chi connectivity index (χ0) is 7.65. The molecule has 1 heteroatoms. The molecule has 0 fully saturated rings. The molecule has 0 saturated heterocycles. The van der Waals surface area contributed by atoms with E-state index in [9.17, 15) is 0 Å². The van der Waals surface area contributed by atoms with E-state index < -0.39 is 0 Å². The molecule has 0 aromatic rings. The first kappa shape index (κ1) is 8.96. The molecule has 9 heavy (non-hydrogen) atoms. The van der Waals surface area contributed by atoms with E-state index in [-0.39, 0.29) is 0 Å². The molecule has 0 aliphatic carbocycles. The van der Waals surface area contributed by atoms with Crippen LogP contribution in [0.3, 0.4) is 0 Å². The molecule has 56 valence electrons. The molecular weight excluding hydrogens is 110 g/mol. The Morgan fingerprint density at radius 3 is 1.44 bits per heavy atom. The Morgan fingerprint density at radius 2 is 1.44 bits per heavy atom. The maximum Gasteiger partial charge on any atom is 0.00411 e. The minimum Gasteiger partial charge on any atom is -0.328 e. The van der Waals surface area contributed by atoms with Crippen LogP contribution in [0.2, 0.25) is 0 Å². The fourth-order valence-electron chi connectivity index (χ4n) is 0.789. The molecule has 0 aromatic heterocycles. The highest BCUT2D eigenvalue weighted by Crippen LogP contribution is 2.26. The summed E-state index contributed by atoms with van der Waals surface area (Å²) >= 11 is 0. The normalized spacial score (nSPS) is 19.3. The first-order chi connectivity index (χ1) is 3.85. The van der Waals surface area contributed by atoms with Crippen LogP contribution in [0.4, 0.5) is 0 Å². The van der Waals surface area contributed by atoms with E-state index in [4.69, 9.17) is 5.73 Å². The van der Waals surface area contributed by atoms with Crippen LogP contribution in [0.25, 0.3) is 0 Å². The fraction of sp³-hybridized carbons (Fsp3) is 1.00. The third-order valence-electron chi connectivity index (χ3n) is 2.15. The third-order valence-corrected chi connectivity index (χ3v) is 2.15. The van der Waals surface area contributed by atoms with Crippen molar-refractivity contribution in [3.8, 4) is 0 Å². The molecule has 0 saturated carbocycles. The summed E-state index contributed by atoms with van der Waals surface area (Å²) in [4.78, 5) is 0. The topological polar surface area (TPSA) is 26.0 Å². The summed E-state index contributed by atoms with van der Waals surface area (Å²) in [5, 5.41) is 0. The van der Waals surface area contributed by atoms with Gasteiger partial charge in [-0.1, -0.05) is 27.7 Å². The van der Waals surface area contributed by atoms with Gasteiger partial charge in [-0.25, -0.2) is 0 Å². The maximum absolute atomic E-state index is 5.72. The quantitative estimate of drug-likeness (QED) is 0.576. The second-order valence-electron chi connectivity index (χ2n) is 4.01. The Bertz CT molecular complexity index is 79.1. The Balaban J connectivity index is 3.88. The van der Waals surface area contributed by atoms with Gasteiger partial charge < -0.3 is 5.73 Å². The van der Waals surface area contributed by atoms with E-state index in [0.717, 1.165) is 0 Å². The summed E-state index contributed by atoms with van der Waals surface area (Å²) in [5.41, 5.74) is 6.08. The van der Waals surface area contributed by atoms with Crippen molar-refractivity contribution in [2.45, 2.75) is 40.7 Å².